The molecule has 0 aromatic heterocycles. The number of benzene rings is 1. The third kappa shape index (κ3) is 4.34. The molecule has 0 saturated heterocycles. The van der Waals surface area contributed by atoms with Gasteiger partial charge < -0.3 is 10.2 Å². The molecule has 0 aliphatic carbocycles. The van der Waals surface area contributed by atoms with Gasteiger partial charge in [0.05, 0.1) is 0 Å². The molecule has 0 radical (unpaired) electrons. The van der Waals surface area contributed by atoms with Gasteiger partial charge in [-0.05, 0) is 43.0 Å². The van der Waals surface area contributed by atoms with Crippen LogP contribution in [0, 0.1) is 11.8 Å². The molecule has 0 saturated carbocycles. The molecule has 2 heteroatoms. The summed E-state index contributed by atoms with van der Waals surface area (Å²) >= 11 is 0. The van der Waals surface area contributed by atoms with E-state index >= 15 is 0 Å². The zero-order valence-corrected chi connectivity index (χ0v) is 12.7. The van der Waals surface area contributed by atoms with Crippen molar-refractivity contribution in [2.75, 3.05) is 25.5 Å². The molecule has 0 aliphatic heterocycles. The van der Waals surface area contributed by atoms with Crippen molar-refractivity contribution in [2.45, 2.75) is 33.7 Å². The second-order valence-corrected chi connectivity index (χ2v) is 5.84. The lowest BCUT2D eigenvalue weighted by Gasteiger charge is -2.21. The van der Waals surface area contributed by atoms with Crippen molar-refractivity contribution >= 4 is 5.69 Å². The van der Waals surface area contributed by atoms with Crippen LogP contribution in [0.5, 0.6) is 0 Å². The highest BCUT2D eigenvalue weighted by atomic mass is 15.1. The maximum Gasteiger partial charge on any atom is 0.0361 e. The Morgan fingerprint density at radius 2 is 1.56 bits per heavy atom. The molecule has 0 aliphatic rings. The summed E-state index contributed by atoms with van der Waals surface area (Å²) in [7, 11) is 4.14. The van der Waals surface area contributed by atoms with Gasteiger partial charge >= 0.3 is 0 Å². The fourth-order valence-electron chi connectivity index (χ4n) is 1.78. The largest absolute Gasteiger partial charge is 0.378 e. The monoisotopic (exact) mass is 248 g/mol. The number of nitrogens with zero attached hydrogens (tertiary/aromatic N) is 1. The van der Waals surface area contributed by atoms with Crippen molar-refractivity contribution in [1.82, 2.24) is 5.32 Å². The van der Waals surface area contributed by atoms with Crippen LogP contribution in [0.2, 0.25) is 0 Å². The van der Waals surface area contributed by atoms with E-state index in [0.29, 0.717) is 12.0 Å². The molecule has 0 fully saturated rings. The summed E-state index contributed by atoms with van der Waals surface area (Å²) in [5, 5.41) is 3.62. The van der Waals surface area contributed by atoms with E-state index in [1.165, 1.54) is 11.3 Å². The van der Waals surface area contributed by atoms with Gasteiger partial charge in [0.2, 0.25) is 0 Å². The first kappa shape index (κ1) is 15.0. The molecule has 1 aromatic rings. The highest BCUT2D eigenvalue weighted by molar-refractivity contribution is 5.46. The van der Waals surface area contributed by atoms with E-state index in [1.807, 2.05) is 0 Å². The third-order valence-electron chi connectivity index (χ3n) is 3.79. The van der Waals surface area contributed by atoms with E-state index in [2.05, 4.69) is 76.3 Å². The van der Waals surface area contributed by atoms with Crippen LogP contribution in [0.15, 0.2) is 24.3 Å². The van der Waals surface area contributed by atoms with Gasteiger partial charge in [-0.2, -0.15) is 0 Å². The zero-order chi connectivity index (χ0) is 13.7. The minimum Gasteiger partial charge on any atom is -0.378 e. The van der Waals surface area contributed by atoms with Crippen LogP contribution in [0.4, 0.5) is 5.69 Å². The Morgan fingerprint density at radius 3 is 2.00 bits per heavy atom. The van der Waals surface area contributed by atoms with E-state index in [-0.39, 0.29) is 0 Å². The maximum absolute atomic E-state index is 3.62. The van der Waals surface area contributed by atoms with Gasteiger partial charge in [0.25, 0.3) is 0 Å². The molecular weight excluding hydrogens is 220 g/mol. The molecule has 1 rings (SSSR count). The van der Waals surface area contributed by atoms with E-state index < -0.39 is 0 Å². The van der Waals surface area contributed by atoms with Gasteiger partial charge in [-0.15, -0.1) is 0 Å². The molecule has 102 valence electrons. The third-order valence-corrected chi connectivity index (χ3v) is 3.79. The summed E-state index contributed by atoms with van der Waals surface area (Å²) in [4.78, 5) is 2.13. The second kappa shape index (κ2) is 6.79. The first-order valence-electron chi connectivity index (χ1n) is 6.92. The van der Waals surface area contributed by atoms with Crippen LogP contribution < -0.4 is 10.2 Å². The molecule has 0 heterocycles. The van der Waals surface area contributed by atoms with Gasteiger partial charge in [0, 0.05) is 25.8 Å². The van der Waals surface area contributed by atoms with Crippen LogP contribution >= 0.6 is 0 Å². The van der Waals surface area contributed by atoms with E-state index in [9.17, 15) is 0 Å². The second-order valence-electron chi connectivity index (χ2n) is 5.84. The van der Waals surface area contributed by atoms with Gasteiger partial charge in [-0.1, -0.05) is 32.9 Å². The Balaban J connectivity index is 2.54. The Kier molecular flexibility index (Phi) is 5.67. The van der Waals surface area contributed by atoms with Crippen molar-refractivity contribution < 1.29 is 0 Å². The van der Waals surface area contributed by atoms with Crippen molar-refractivity contribution in [3.63, 3.8) is 0 Å². The summed E-state index contributed by atoms with van der Waals surface area (Å²) in [5.41, 5.74) is 2.61. The van der Waals surface area contributed by atoms with Crippen LogP contribution in [-0.2, 0) is 0 Å². The summed E-state index contributed by atoms with van der Waals surface area (Å²) in [6, 6.07) is 9.21. The summed E-state index contributed by atoms with van der Waals surface area (Å²) < 4.78 is 0. The van der Waals surface area contributed by atoms with Gasteiger partial charge in [-0.25, -0.2) is 0 Å². The lowest BCUT2D eigenvalue weighted by molar-refractivity contribution is 0.375. The number of nitrogens with one attached hydrogen (secondary N) is 1. The zero-order valence-electron chi connectivity index (χ0n) is 12.7. The van der Waals surface area contributed by atoms with Crippen molar-refractivity contribution in [3.05, 3.63) is 29.8 Å². The van der Waals surface area contributed by atoms with Crippen LogP contribution in [0.3, 0.4) is 0 Å². The molecule has 1 N–H and O–H groups in total. The molecule has 0 spiro atoms. The normalized spacial score (nSPS) is 14.6. The Hall–Kier alpha value is -1.02. The quantitative estimate of drug-likeness (QED) is 0.826. The number of anilines is 1. The average Bonchev–Trinajstić information content (AvgIpc) is 2.35. The molecule has 1 aromatic carbocycles. The Bertz CT molecular complexity index is 341. The molecule has 2 nitrogen and oxygen atoms in total. The van der Waals surface area contributed by atoms with Crippen LogP contribution in [0.1, 0.15) is 39.3 Å². The fourth-order valence-corrected chi connectivity index (χ4v) is 1.78. The summed E-state index contributed by atoms with van der Waals surface area (Å²) in [5.74, 6) is 1.45. The molecule has 18 heavy (non-hydrogen) atoms. The number of hydrogen-bond acceptors (Lipinski definition) is 2. The first-order valence-corrected chi connectivity index (χ1v) is 6.92. The fraction of sp³-hybridized carbons (Fsp3) is 0.625. The maximum atomic E-state index is 3.62. The average molecular weight is 248 g/mol. The SMILES string of the molecule is CC(NCC(C)C(C)C)c1ccc(N(C)C)cc1. The molecule has 0 bridgehead atoms. The van der Waals surface area contributed by atoms with Crippen LogP contribution in [-0.4, -0.2) is 20.6 Å². The first-order chi connectivity index (χ1) is 8.41. The number of rotatable bonds is 6. The molecule has 0 amide bonds. The lowest BCUT2D eigenvalue weighted by atomic mass is 9.97. The predicted molar refractivity (Wildman–Crippen MR) is 81.2 cm³/mol. The van der Waals surface area contributed by atoms with Crippen LogP contribution in [0.25, 0.3) is 0 Å². The minimum absolute atomic E-state index is 0.419. The molecular formula is C16H28N2. The Labute approximate surface area is 112 Å². The predicted octanol–water partition coefficient (Wildman–Crippen LogP) is 3.70. The number of hydrogen-bond donors (Lipinski definition) is 1. The highest BCUT2D eigenvalue weighted by Crippen LogP contribution is 2.18. The van der Waals surface area contributed by atoms with Gasteiger partial charge in [0.1, 0.15) is 0 Å². The highest BCUT2D eigenvalue weighted by Gasteiger charge is 2.10. The van der Waals surface area contributed by atoms with E-state index in [0.717, 1.165) is 12.5 Å². The van der Waals surface area contributed by atoms with Crippen molar-refractivity contribution in [1.29, 1.82) is 0 Å². The van der Waals surface area contributed by atoms with Gasteiger partial charge in [-0.3, -0.25) is 0 Å². The summed E-state index contributed by atoms with van der Waals surface area (Å²) in [6.07, 6.45) is 0. The smallest absolute Gasteiger partial charge is 0.0361 e. The van der Waals surface area contributed by atoms with E-state index in [1.54, 1.807) is 0 Å². The lowest BCUT2D eigenvalue weighted by Crippen LogP contribution is -2.26. The van der Waals surface area contributed by atoms with Crippen molar-refractivity contribution in [3.8, 4) is 0 Å². The van der Waals surface area contributed by atoms with Crippen molar-refractivity contribution in [2.24, 2.45) is 11.8 Å². The Morgan fingerprint density at radius 1 is 1.00 bits per heavy atom. The van der Waals surface area contributed by atoms with Gasteiger partial charge in [0.15, 0.2) is 0 Å². The molecule has 2 unspecified atom stereocenters. The molecule has 2 atom stereocenters. The minimum atomic E-state index is 0.419. The topological polar surface area (TPSA) is 15.3 Å². The standard InChI is InChI=1S/C16H28N2/c1-12(2)13(3)11-17-14(4)15-7-9-16(10-8-15)18(5)6/h7-10,12-14,17H,11H2,1-6H3. The van der Waals surface area contributed by atoms with E-state index in [4.69, 9.17) is 0 Å². The summed E-state index contributed by atoms with van der Waals surface area (Å²) in [6.45, 7) is 10.2.